The number of hydrogen-bond acceptors (Lipinski definition) is 2. The van der Waals surface area contributed by atoms with Crippen molar-refractivity contribution in [1.29, 1.82) is 0 Å². The molecule has 130 valence electrons. The fourth-order valence-electron chi connectivity index (χ4n) is 2.63. The second-order valence-corrected chi connectivity index (χ2v) is 6.47. The van der Waals surface area contributed by atoms with Crippen molar-refractivity contribution in [3.05, 3.63) is 59.1 Å². The van der Waals surface area contributed by atoms with E-state index in [2.05, 4.69) is 30.4 Å². The average molecular weight is 346 g/mol. The molecule has 2 rings (SSSR count). The topological polar surface area (TPSA) is 21.3 Å². The van der Waals surface area contributed by atoms with Gasteiger partial charge in [0.05, 0.1) is 6.61 Å². The first kappa shape index (κ1) is 18.7. The van der Waals surface area contributed by atoms with Gasteiger partial charge in [-0.1, -0.05) is 62.1 Å². The van der Waals surface area contributed by atoms with E-state index >= 15 is 0 Å². The second kappa shape index (κ2) is 11.0. The third-order valence-corrected chi connectivity index (χ3v) is 4.38. The largest absolute Gasteiger partial charge is 0.494 e. The molecule has 0 heterocycles. The molecule has 0 aliphatic heterocycles. The van der Waals surface area contributed by atoms with Crippen LogP contribution in [0.1, 0.15) is 44.6 Å². The van der Waals surface area contributed by atoms with E-state index in [9.17, 15) is 0 Å². The first-order chi connectivity index (χ1) is 11.8. The number of aryl methyl sites for hydroxylation is 1. The van der Waals surface area contributed by atoms with E-state index in [0.717, 1.165) is 48.9 Å². The zero-order chi connectivity index (χ0) is 17.0. The van der Waals surface area contributed by atoms with Crippen LogP contribution in [-0.2, 0) is 6.42 Å². The van der Waals surface area contributed by atoms with E-state index < -0.39 is 0 Å². The van der Waals surface area contributed by atoms with E-state index in [1.807, 2.05) is 30.3 Å². The number of halogens is 1. The SMILES string of the molecule is CCCCCCOc1cccc(NCCCc2ccccc2Cl)c1. The number of rotatable bonds is 11. The number of ether oxygens (including phenoxy) is 1. The van der Waals surface area contributed by atoms with Gasteiger partial charge in [-0.05, 0) is 43.0 Å². The molecule has 0 unspecified atom stereocenters. The molecule has 2 nitrogen and oxygen atoms in total. The number of unbranched alkanes of at least 4 members (excludes halogenated alkanes) is 3. The van der Waals surface area contributed by atoms with Crippen LogP contribution >= 0.6 is 11.6 Å². The maximum absolute atomic E-state index is 6.18. The lowest BCUT2D eigenvalue weighted by Gasteiger charge is -2.10. The number of nitrogens with one attached hydrogen (secondary N) is 1. The van der Waals surface area contributed by atoms with Gasteiger partial charge < -0.3 is 10.1 Å². The van der Waals surface area contributed by atoms with Crippen molar-refractivity contribution in [1.82, 2.24) is 0 Å². The molecule has 2 aromatic rings. The van der Waals surface area contributed by atoms with E-state index in [1.54, 1.807) is 0 Å². The summed E-state index contributed by atoms with van der Waals surface area (Å²) in [6.45, 7) is 3.95. The van der Waals surface area contributed by atoms with E-state index in [0.29, 0.717) is 0 Å². The van der Waals surface area contributed by atoms with Crippen molar-refractivity contribution in [2.45, 2.75) is 45.4 Å². The van der Waals surface area contributed by atoms with Gasteiger partial charge in [-0.25, -0.2) is 0 Å². The first-order valence-corrected chi connectivity index (χ1v) is 9.37. The molecule has 3 heteroatoms. The standard InChI is InChI=1S/C21H28ClNO/c1-2-3-4-7-16-24-20-13-8-12-19(17-20)23-15-9-11-18-10-5-6-14-21(18)22/h5-6,8,10,12-14,17,23H,2-4,7,9,11,15-16H2,1H3. The van der Waals surface area contributed by atoms with Crippen LogP contribution in [0, 0.1) is 0 Å². The number of anilines is 1. The highest BCUT2D eigenvalue weighted by Crippen LogP contribution is 2.19. The first-order valence-electron chi connectivity index (χ1n) is 8.99. The van der Waals surface area contributed by atoms with Crippen LogP contribution in [0.4, 0.5) is 5.69 Å². The van der Waals surface area contributed by atoms with Crippen LogP contribution in [0.3, 0.4) is 0 Å². The van der Waals surface area contributed by atoms with Crippen LogP contribution in [0.15, 0.2) is 48.5 Å². The quantitative estimate of drug-likeness (QED) is 0.479. The number of hydrogen-bond donors (Lipinski definition) is 1. The van der Waals surface area contributed by atoms with E-state index in [-0.39, 0.29) is 0 Å². The summed E-state index contributed by atoms with van der Waals surface area (Å²) in [6, 6.07) is 16.3. The highest BCUT2D eigenvalue weighted by molar-refractivity contribution is 6.31. The molecule has 0 aliphatic carbocycles. The van der Waals surface area contributed by atoms with Gasteiger partial charge in [0.2, 0.25) is 0 Å². The molecule has 24 heavy (non-hydrogen) atoms. The summed E-state index contributed by atoms with van der Waals surface area (Å²) >= 11 is 6.18. The van der Waals surface area contributed by atoms with Gasteiger partial charge >= 0.3 is 0 Å². The molecule has 0 saturated carbocycles. The molecule has 2 aromatic carbocycles. The Bertz CT molecular complexity index is 600. The lowest BCUT2D eigenvalue weighted by atomic mass is 10.1. The normalized spacial score (nSPS) is 10.6. The van der Waals surface area contributed by atoms with Crippen molar-refractivity contribution >= 4 is 17.3 Å². The van der Waals surface area contributed by atoms with E-state index in [1.165, 1.54) is 24.8 Å². The molecule has 0 aromatic heterocycles. The highest BCUT2D eigenvalue weighted by Gasteiger charge is 2.00. The molecule has 0 spiro atoms. The monoisotopic (exact) mass is 345 g/mol. The van der Waals surface area contributed by atoms with Crippen LogP contribution in [-0.4, -0.2) is 13.2 Å². The van der Waals surface area contributed by atoms with Crippen molar-refractivity contribution in [3.63, 3.8) is 0 Å². The molecule has 0 saturated heterocycles. The van der Waals surface area contributed by atoms with Crippen molar-refractivity contribution in [2.24, 2.45) is 0 Å². The fourth-order valence-corrected chi connectivity index (χ4v) is 2.86. The lowest BCUT2D eigenvalue weighted by Crippen LogP contribution is -2.04. The molecular weight excluding hydrogens is 318 g/mol. The smallest absolute Gasteiger partial charge is 0.121 e. The summed E-state index contributed by atoms with van der Waals surface area (Å²) in [7, 11) is 0. The maximum Gasteiger partial charge on any atom is 0.121 e. The zero-order valence-electron chi connectivity index (χ0n) is 14.6. The van der Waals surface area contributed by atoms with Crippen molar-refractivity contribution in [2.75, 3.05) is 18.5 Å². The minimum absolute atomic E-state index is 0.802. The van der Waals surface area contributed by atoms with E-state index in [4.69, 9.17) is 16.3 Å². The summed E-state index contributed by atoms with van der Waals surface area (Å²) in [5.74, 6) is 0.947. The fraction of sp³-hybridized carbons (Fsp3) is 0.429. The summed E-state index contributed by atoms with van der Waals surface area (Å²) in [4.78, 5) is 0. The number of benzene rings is 2. The Balaban J connectivity index is 1.69. The Morgan fingerprint density at radius 1 is 0.958 bits per heavy atom. The summed E-state index contributed by atoms with van der Waals surface area (Å²) in [5, 5.41) is 4.32. The van der Waals surface area contributed by atoms with Gasteiger partial charge in [0.25, 0.3) is 0 Å². The van der Waals surface area contributed by atoms with Gasteiger partial charge in [0.1, 0.15) is 5.75 Å². The van der Waals surface area contributed by atoms with Gasteiger partial charge in [0, 0.05) is 23.3 Å². The average Bonchev–Trinajstić information content (AvgIpc) is 2.60. The van der Waals surface area contributed by atoms with Crippen molar-refractivity contribution < 1.29 is 4.74 Å². The Labute approximate surface area is 151 Å². The predicted octanol–water partition coefficient (Wildman–Crippen LogP) is 6.34. The Morgan fingerprint density at radius 3 is 2.67 bits per heavy atom. The Kier molecular flexibility index (Phi) is 8.54. The summed E-state index contributed by atoms with van der Waals surface area (Å²) in [5.41, 5.74) is 2.32. The predicted molar refractivity (Wildman–Crippen MR) is 104 cm³/mol. The van der Waals surface area contributed by atoms with Gasteiger partial charge in [0.15, 0.2) is 0 Å². The minimum Gasteiger partial charge on any atom is -0.494 e. The summed E-state index contributed by atoms with van der Waals surface area (Å²) in [6.07, 6.45) is 6.95. The zero-order valence-corrected chi connectivity index (χ0v) is 15.3. The molecule has 0 radical (unpaired) electrons. The van der Waals surface area contributed by atoms with Crippen LogP contribution in [0.5, 0.6) is 5.75 Å². The van der Waals surface area contributed by atoms with Crippen LogP contribution in [0.25, 0.3) is 0 Å². The van der Waals surface area contributed by atoms with Gasteiger partial charge in [-0.2, -0.15) is 0 Å². The molecule has 0 aliphatic rings. The third kappa shape index (κ3) is 6.84. The lowest BCUT2D eigenvalue weighted by molar-refractivity contribution is 0.305. The minimum atomic E-state index is 0.802. The summed E-state index contributed by atoms with van der Waals surface area (Å²) < 4.78 is 5.83. The Hall–Kier alpha value is -1.67. The molecule has 0 fully saturated rings. The van der Waals surface area contributed by atoms with Gasteiger partial charge in [-0.3, -0.25) is 0 Å². The second-order valence-electron chi connectivity index (χ2n) is 6.06. The molecule has 0 atom stereocenters. The molecular formula is C21H28ClNO. The van der Waals surface area contributed by atoms with Crippen molar-refractivity contribution in [3.8, 4) is 5.75 Å². The third-order valence-electron chi connectivity index (χ3n) is 4.01. The molecule has 0 amide bonds. The van der Waals surface area contributed by atoms with Crippen LogP contribution in [0.2, 0.25) is 5.02 Å². The highest BCUT2D eigenvalue weighted by atomic mass is 35.5. The van der Waals surface area contributed by atoms with Gasteiger partial charge in [-0.15, -0.1) is 0 Å². The molecule has 0 bridgehead atoms. The maximum atomic E-state index is 6.18. The Morgan fingerprint density at radius 2 is 1.83 bits per heavy atom. The molecule has 1 N–H and O–H groups in total. The van der Waals surface area contributed by atoms with Crippen LogP contribution < -0.4 is 10.1 Å².